The first-order valence-corrected chi connectivity index (χ1v) is 11.5. The van der Waals surface area contributed by atoms with Gasteiger partial charge in [-0.1, -0.05) is 0 Å². The maximum absolute atomic E-state index is 12.8. The SMILES string of the molecule is CC1(C)CCc2cc3c4c(c(=O)oc3c(O[C@@H]3O[C@H](CO)[C@@H](O)[C@H](O)[C@@H]3O)c2O1)CCCC4. The minimum Gasteiger partial charge on any atom is -0.484 e. The molecule has 0 unspecified atom stereocenters. The lowest BCUT2D eigenvalue weighted by atomic mass is 9.88. The molecular formula is C24H30O9. The van der Waals surface area contributed by atoms with Crippen molar-refractivity contribution in [3.8, 4) is 11.5 Å². The van der Waals surface area contributed by atoms with Crippen molar-refractivity contribution in [1.82, 2.24) is 0 Å². The minimum absolute atomic E-state index is 0.116. The largest absolute Gasteiger partial charge is 0.484 e. The summed E-state index contributed by atoms with van der Waals surface area (Å²) in [5, 5.41) is 41.2. The normalized spacial score (nSPS) is 30.9. The van der Waals surface area contributed by atoms with E-state index in [0.29, 0.717) is 17.7 Å². The summed E-state index contributed by atoms with van der Waals surface area (Å²) < 4.78 is 23.6. The first kappa shape index (κ1) is 22.6. The second-order valence-corrected chi connectivity index (χ2v) is 9.80. The molecule has 1 saturated heterocycles. The van der Waals surface area contributed by atoms with E-state index in [-0.39, 0.29) is 11.3 Å². The number of hydrogen-bond donors (Lipinski definition) is 4. The topological polar surface area (TPSA) is 139 Å². The third-order valence-corrected chi connectivity index (χ3v) is 6.96. The molecule has 1 aliphatic carbocycles. The second-order valence-electron chi connectivity index (χ2n) is 9.80. The van der Waals surface area contributed by atoms with E-state index in [4.69, 9.17) is 18.6 Å². The highest BCUT2D eigenvalue weighted by atomic mass is 16.7. The molecule has 0 bridgehead atoms. The summed E-state index contributed by atoms with van der Waals surface area (Å²) in [7, 11) is 0. The van der Waals surface area contributed by atoms with E-state index in [2.05, 4.69) is 0 Å². The number of aliphatic hydroxyl groups excluding tert-OH is 4. The van der Waals surface area contributed by atoms with E-state index < -0.39 is 48.5 Å². The summed E-state index contributed by atoms with van der Waals surface area (Å²) in [6.45, 7) is 3.31. The Morgan fingerprint density at radius 3 is 2.52 bits per heavy atom. The average Bonchev–Trinajstić information content (AvgIpc) is 2.79. The highest BCUT2D eigenvalue weighted by Gasteiger charge is 2.46. The zero-order valence-electron chi connectivity index (χ0n) is 18.7. The molecule has 0 saturated carbocycles. The Labute approximate surface area is 190 Å². The number of fused-ring (bicyclic) bond motifs is 4. The first-order chi connectivity index (χ1) is 15.7. The van der Waals surface area contributed by atoms with Crippen molar-refractivity contribution in [3.63, 3.8) is 0 Å². The second kappa shape index (κ2) is 8.25. The van der Waals surface area contributed by atoms with Crippen LogP contribution in [0.5, 0.6) is 11.5 Å². The van der Waals surface area contributed by atoms with Crippen LogP contribution in [0, 0.1) is 0 Å². The summed E-state index contributed by atoms with van der Waals surface area (Å²) in [5.41, 5.74) is 1.80. The molecule has 1 aromatic carbocycles. The standard InChI is InChI=1S/C24H30O9/c1-24(2)8-7-11-9-14-12-5-3-4-6-13(12)22(29)31-20(14)21(19(11)33-24)32-23-18(28)17(27)16(26)15(10-25)30-23/h9,15-18,23,25-28H,3-8,10H2,1-2H3/t15-,16-,17+,18+,23+/m1/s1. The summed E-state index contributed by atoms with van der Waals surface area (Å²) in [4.78, 5) is 12.8. The van der Waals surface area contributed by atoms with Gasteiger partial charge in [0.25, 0.3) is 0 Å². The molecule has 180 valence electrons. The van der Waals surface area contributed by atoms with Crippen molar-refractivity contribution in [2.75, 3.05) is 6.61 Å². The van der Waals surface area contributed by atoms with Crippen molar-refractivity contribution < 1.29 is 39.1 Å². The Morgan fingerprint density at radius 2 is 1.79 bits per heavy atom. The van der Waals surface area contributed by atoms with Crippen LogP contribution in [0.3, 0.4) is 0 Å². The zero-order chi connectivity index (χ0) is 23.5. The minimum atomic E-state index is -1.60. The number of ether oxygens (including phenoxy) is 3. The maximum Gasteiger partial charge on any atom is 0.339 e. The van der Waals surface area contributed by atoms with Crippen LogP contribution in [0.2, 0.25) is 0 Å². The lowest BCUT2D eigenvalue weighted by molar-refractivity contribution is -0.277. The molecule has 1 aromatic heterocycles. The van der Waals surface area contributed by atoms with E-state index >= 15 is 0 Å². The summed E-state index contributed by atoms with van der Waals surface area (Å²) in [5.74, 6) is 0.514. The van der Waals surface area contributed by atoms with E-state index in [1.807, 2.05) is 19.9 Å². The molecule has 0 spiro atoms. The van der Waals surface area contributed by atoms with Crippen LogP contribution < -0.4 is 15.1 Å². The molecule has 0 radical (unpaired) electrons. The Morgan fingerprint density at radius 1 is 1.06 bits per heavy atom. The van der Waals surface area contributed by atoms with E-state index in [1.165, 1.54) is 0 Å². The van der Waals surface area contributed by atoms with Gasteiger partial charge in [0, 0.05) is 10.9 Å². The lowest BCUT2D eigenvalue weighted by Crippen LogP contribution is -2.60. The summed E-state index contributed by atoms with van der Waals surface area (Å²) in [6.07, 6.45) is -2.44. The Bertz CT molecular complexity index is 1120. The molecule has 1 fully saturated rings. The van der Waals surface area contributed by atoms with Crippen molar-refractivity contribution in [1.29, 1.82) is 0 Å². The molecule has 2 aliphatic heterocycles. The van der Waals surface area contributed by atoms with Crippen molar-refractivity contribution >= 4 is 11.0 Å². The molecule has 33 heavy (non-hydrogen) atoms. The number of rotatable bonds is 3. The molecular weight excluding hydrogens is 432 g/mol. The molecule has 3 aliphatic rings. The van der Waals surface area contributed by atoms with Crippen LogP contribution in [0.4, 0.5) is 0 Å². The molecule has 4 N–H and O–H groups in total. The van der Waals surface area contributed by atoms with Crippen molar-refractivity contribution in [2.24, 2.45) is 0 Å². The van der Waals surface area contributed by atoms with Gasteiger partial charge in [-0.15, -0.1) is 0 Å². The predicted molar refractivity (Wildman–Crippen MR) is 117 cm³/mol. The van der Waals surface area contributed by atoms with Crippen LogP contribution in [0.25, 0.3) is 11.0 Å². The molecule has 9 heteroatoms. The monoisotopic (exact) mass is 462 g/mol. The molecule has 9 nitrogen and oxygen atoms in total. The van der Waals surface area contributed by atoms with Crippen LogP contribution in [0.1, 0.15) is 49.8 Å². The van der Waals surface area contributed by atoms with Gasteiger partial charge in [-0.2, -0.15) is 0 Å². The Balaban J connectivity index is 1.68. The molecule has 5 atom stereocenters. The molecule has 5 rings (SSSR count). The fourth-order valence-corrected chi connectivity index (χ4v) is 5.03. The van der Waals surface area contributed by atoms with E-state index in [9.17, 15) is 25.2 Å². The van der Waals surface area contributed by atoms with Gasteiger partial charge in [0.1, 0.15) is 30.0 Å². The van der Waals surface area contributed by atoms with Gasteiger partial charge in [-0.05, 0) is 69.6 Å². The summed E-state index contributed by atoms with van der Waals surface area (Å²) >= 11 is 0. The van der Waals surface area contributed by atoms with Crippen molar-refractivity contribution in [2.45, 2.75) is 88.7 Å². The van der Waals surface area contributed by atoms with E-state index in [1.54, 1.807) is 0 Å². The quantitative estimate of drug-likeness (QED) is 0.491. The highest BCUT2D eigenvalue weighted by molar-refractivity contribution is 5.90. The maximum atomic E-state index is 12.8. The van der Waals surface area contributed by atoms with Crippen LogP contribution in [0.15, 0.2) is 15.3 Å². The van der Waals surface area contributed by atoms with Crippen LogP contribution in [-0.2, 0) is 24.0 Å². The van der Waals surface area contributed by atoms with Crippen LogP contribution in [-0.4, -0.2) is 63.3 Å². The highest BCUT2D eigenvalue weighted by Crippen LogP contribution is 2.47. The molecule has 2 aromatic rings. The molecule has 0 amide bonds. The fourth-order valence-electron chi connectivity index (χ4n) is 5.03. The van der Waals surface area contributed by atoms with Crippen molar-refractivity contribution in [3.05, 3.63) is 33.2 Å². The van der Waals surface area contributed by atoms with Gasteiger partial charge < -0.3 is 39.1 Å². The van der Waals surface area contributed by atoms with Gasteiger partial charge >= 0.3 is 5.63 Å². The zero-order valence-corrected chi connectivity index (χ0v) is 18.7. The molecule has 3 heterocycles. The van der Waals surface area contributed by atoms with E-state index in [0.717, 1.165) is 48.6 Å². The van der Waals surface area contributed by atoms with Gasteiger partial charge in [-0.25, -0.2) is 4.79 Å². The lowest BCUT2D eigenvalue weighted by Gasteiger charge is -2.40. The number of aliphatic hydroxyl groups is 4. The van der Waals surface area contributed by atoms with Gasteiger partial charge in [0.2, 0.25) is 12.0 Å². The van der Waals surface area contributed by atoms with Gasteiger partial charge in [0.15, 0.2) is 11.3 Å². The average molecular weight is 462 g/mol. The predicted octanol–water partition coefficient (Wildman–Crippen LogP) is 0.954. The number of benzene rings is 1. The number of hydrogen-bond acceptors (Lipinski definition) is 9. The number of aryl methyl sites for hydroxylation is 2. The van der Waals surface area contributed by atoms with Crippen LogP contribution >= 0.6 is 0 Å². The summed E-state index contributed by atoms with van der Waals surface area (Å²) in [6, 6.07) is 1.99. The third kappa shape index (κ3) is 3.81. The van der Waals surface area contributed by atoms with Gasteiger partial charge in [-0.3, -0.25) is 0 Å². The fraction of sp³-hybridized carbons (Fsp3) is 0.625. The Hall–Kier alpha value is -2.17. The first-order valence-electron chi connectivity index (χ1n) is 11.5. The smallest absolute Gasteiger partial charge is 0.339 e. The Kier molecular flexibility index (Phi) is 5.65. The third-order valence-electron chi connectivity index (χ3n) is 6.96. The van der Waals surface area contributed by atoms with Gasteiger partial charge in [0.05, 0.1) is 6.61 Å².